The molecule has 3 aromatic rings. The number of hydrogen-bond acceptors (Lipinski definition) is 6. The monoisotopic (exact) mass is 390 g/mol. The fraction of sp³-hybridized carbons (Fsp3) is 0.0952. The van der Waals surface area contributed by atoms with Gasteiger partial charge in [0, 0.05) is 0 Å². The Morgan fingerprint density at radius 2 is 2.11 bits per heavy atom. The number of carbonyl (C=O) groups is 2. The Bertz CT molecular complexity index is 1150. The van der Waals surface area contributed by atoms with Crippen LogP contribution in [0.25, 0.3) is 17.2 Å². The number of nitrogens with zero attached hydrogens (tertiary/aromatic N) is 1. The van der Waals surface area contributed by atoms with Crippen molar-refractivity contribution in [2.24, 2.45) is 0 Å². The third kappa shape index (κ3) is 3.77. The Morgan fingerprint density at radius 3 is 2.86 bits per heavy atom. The average molecular weight is 390 g/mol. The minimum atomic E-state index is -0.394. The first-order chi connectivity index (χ1) is 13.6. The molecular formula is C21H14N2O4S. The lowest BCUT2D eigenvalue weighted by Gasteiger charge is -2.04. The van der Waals surface area contributed by atoms with Gasteiger partial charge in [-0.2, -0.15) is 0 Å². The summed E-state index contributed by atoms with van der Waals surface area (Å²) in [6.07, 6.45) is 2.01. The van der Waals surface area contributed by atoms with Gasteiger partial charge in [0.2, 0.25) is 5.89 Å². The highest BCUT2D eigenvalue weighted by molar-refractivity contribution is 8.18. The summed E-state index contributed by atoms with van der Waals surface area (Å²) >= 11 is 0.875. The second kappa shape index (κ2) is 7.62. The summed E-state index contributed by atoms with van der Waals surface area (Å²) in [7, 11) is 1.57. The van der Waals surface area contributed by atoms with E-state index >= 15 is 0 Å². The van der Waals surface area contributed by atoms with E-state index in [2.05, 4.69) is 22.1 Å². The van der Waals surface area contributed by atoms with Gasteiger partial charge in [0.05, 0.1) is 24.0 Å². The molecule has 28 heavy (non-hydrogen) atoms. The predicted molar refractivity (Wildman–Crippen MR) is 107 cm³/mol. The number of imide groups is 1. The molecule has 4 rings (SSSR count). The number of amides is 2. The van der Waals surface area contributed by atoms with Crippen molar-refractivity contribution in [3.63, 3.8) is 0 Å². The Kier molecular flexibility index (Phi) is 4.87. The smallest absolute Gasteiger partial charge is 0.290 e. The van der Waals surface area contributed by atoms with Crippen LogP contribution in [0.15, 0.2) is 51.8 Å². The van der Waals surface area contributed by atoms with Crippen LogP contribution in [0.3, 0.4) is 0 Å². The zero-order valence-corrected chi connectivity index (χ0v) is 15.6. The van der Waals surface area contributed by atoms with Crippen molar-refractivity contribution in [2.75, 3.05) is 7.11 Å². The van der Waals surface area contributed by atoms with Crippen LogP contribution in [0.1, 0.15) is 17.0 Å². The maximum absolute atomic E-state index is 11.7. The first kappa shape index (κ1) is 17.9. The molecule has 2 amide bonds. The van der Waals surface area contributed by atoms with Crippen LogP contribution in [0.2, 0.25) is 0 Å². The topological polar surface area (TPSA) is 81.4 Å². The molecule has 2 heterocycles. The number of thioether (sulfide) groups is 1. The molecule has 7 heteroatoms. The second-order valence-corrected chi connectivity index (χ2v) is 6.88. The van der Waals surface area contributed by atoms with E-state index in [1.54, 1.807) is 25.3 Å². The van der Waals surface area contributed by atoms with Crippen LogP contribution in [0.4, 0.5) is 4.79 Å². The third-order valence-electron chi connectivity index (χ3n) is 3.96. The van der Waals surface area contributed by atoms with E-state index in [9.17, 15) is 9.59 Å². The van der Waals surface area contributed by atoms with Crippen molar-refractivity contribution < 1.29 is 18.7 Å². The molecule has 0 unspecified atom stereocenters. The zero-order valence-electron chi connectivity index (χ0n) is 14.8. The summed E-state index contributed by atoms with van der Waals surface area (Å²) in [5.41, 5.74) is 2.95. The standard InChI is InChI=1S/C21H14N2O4S/c1-26-16-10-9-13(12-18-20(24)23-21(25)28-18)11-14(16)5-4-8-19-22-15-6-2-3-7-17(15)27-19/h2-3,6-7,9-12H,8H2,1H3,(H,23,24,25)/b18-12-. The number of fused-ring (bicyclic) bond motifs is 1. The fourth-order valence-electron chi connectivity index (χ4n) is 2.70. The van der Waals surface area contributed by atoms with Crippen molar-refractivity contribution in [3.8, 4) is 17.6 Å². The predicted octanol–water partition coefficient (Wildman–Crippen LogP) is 3.75. The Labute approximate surface area is 165 Å². The molecule has 0 bridgehead atoms. The summed E-state index contributed by atoms with van der Waals surface area (Å²) < 4.78 is 11.0. The maximum atomic E-state index is 11.7. The van der Waals surface area contributed by atoms with E-state index in [0.717, 1.165) is 28.4 Å². The summed E-state index contributed by atoms with van der Waals surface area (Å²) in [6.45, 7) is 0. The molecular weight excluding hydrogens is 376 g/mol. The molecule has 6 nitrogen and oxygen atoms in total. The number of para-hydroxylation sites is 2. The van der Waals surface area contributed by atoms with E-state index < -0.39 is 5.91 Å². The highest BCUT2D eigenvalue weighted by atomic mass is 32.2. The molecule has 0 spiro atoms. The van der Waals surface area contributed by atoms with Gasteiger partial charge in [0.25, 0.3) is 11.1 Å². The molecule has 1 aliphatic heterocycles. The second-order valence-electron chi connectivity index (χ2n) is 5.87. The van der Waals surface area contributed by atoms with Crippen molar-refractivity contribution in [1.82, 2.24) is 10.3 Å². The summed E-state index contributed by atoms with van der Waals surface area (Å²) in [5, 5.41) is 1.86. The fourth-order valence-corrected chi connectivity index (χ4v) is 3.38. The maximum Gasteiger partial charge on any atom is 0.290 e. The van der Waals surface area contributed by atoms with Crippen LogP contribution in [0, 0.1) is 11.8 Å². The van der Waals surface area contributed by atoms with Crippen LogP contribution in [-0.4, -0.2) is 23.2 Å². The van der Waals surface area contributed by atoms with Gasteiger partial charge in [-0.3, -0.25) is 14.9 Å². The van der Waals surface area contributed by atoms with Crippen molar-refractivity contribution in [1.29, 1.82) is 0 Å². The lowest BCUT2D eigenvalue weighted by Crippen LogP contribution is -2.17. The minimum absolute atomic E-state index is 0.348. The number of oxazole rings is 1. The molecule has 2 aromatic carbocycles. The summed E-state index contributed by atoms with van der Waals surface area (Å²) in [4.78, 5) is 27.8. The Balaban J connectivity index is 1.58. The van der Waals surface area contributed by atoms with Crippen LogP contribution in [0.5, 0.6) is 5.75 Å². The minimum Gasteiger partial charge on any atom is -0.495 e. The van der Waals surface area contributed by atoms with Gasteiger partial charge in [-0.25, -0.2) is 4.98 Å². The zero-order chi connectivity index (χ0) is 19.5. The highest BCUT2D eigenvalue weighted by Gasteiger charge is 2.24. The SMILES string of the molecule is COc1ccc(/C=C2\SC(=O)NC2=O)cc1C#CCc1nc2ccccc2o1. The molecule has 1 aromatic heterocycles. The number of methoxy groups -OCH3 is 1. The Morgan fingerprint density at radius 1 is 1.25 bits per heavy atom. The lowest BCUT2D eigenvalue weighted by atomic mass is 10.1. The molecule has 138 valence electrons. The van der Waals surface area contributed by atoms with Gasteiger partial charge in [0.1, 0.15) is 11.3 Å². The van der Waals surface area contributed by atoms with E-state index in [0.29, 0.717) is 28.5 Å². The largest absolute Gasteiger partial charge is 0.495 e. The first-order valence-electron chi connectivity index (χ1n) is 8.38. The normalized spacial score (nSPS) is 14.8. The van der Waals surface area contributed by atoms with E-state index in [1.165, 1.54) is 0 Å². The molecule has 0 radical (unpaired) electrons. The first-order valence-corrected chi connectivity index (χ1v) is 9.20. The van der Waals surface area contributed by atoms with Gasteiger partial charge >= 0.3 is 0 Å². The molecule has 1 aliphatic rings. The van der Waals surface area contributed by atoms with Gasteiger partial charge in [-0.1, -0.05) is 30.0 Å². The van der Waals surface area contributed by atoms with Gasteiger partial charge in [-0.15, -0.1) is 0 Å². The molecule has 1 N–H and O–H groups in total. The molecule has 0 aliphatic carbocycles. The molecule has 0 saturated carbocycles. The number of rotatable bonds is 3. The number of ether oxygens (including phenoxy) is 1. The number of carbonyl (C=O) groups excluding carboxylic acids is 2. The third-order valence-corrected chi connectivity index (χ3v) is 4.77. The average Bonchev–Trinajstić information content (AvgIpc) is 3.24. The molecule has 1 fully saturated rings. The number of nitrogens with one attached hydrogen (secondary N) is 1. The highest BCUT2D eigenvalue weighted by Crippen LogP contribution is 2.27. The van der Waals surface area contributed by atoms with Gasteiger partial charge in [0.15, 0.2) is 5.58 Å². The van der Waals surface area contributed by atoms with Crippen molar-refractivity contribution >= 4 is 40.1 Å². The van der Waals surface area contributed by atoms with Gasteiger partial charge in [-0.05, 0) is 47.7 Å². The summed E-state index contributed by atoms with van der Waals surface area (Å²) in [6, 6.07) is 12.9. The van der Waals surface area contributed by atoms with Crippen molar-refractivity contribution in [3.05, 3.63) is 64.4 Å². The van der Waals surface area contributed by atoms with Crippen LogP contribution < -0.4 is 10.1 Å². The van der Waals surface area contributed by atoms with E-state index in [1.807, 2.05) is 30.3 Å². The quantitative estimate of drug-likeness (QED) is 0.542. The Hall–Kier alpha value is -3.50. The van der Waals surface area contributed by atoms with Gasteiger partial charge < -0.3 is 9.15 Å². The van der Waals surface area contributed by atoms with Crippen molar-refractivity contribution in [2.45, 2.75) is 6.42 Å². The number of benzene rings is 2. The van der Waals surface area contributed by atoms with E-state index in [4.69, 9.17) is 9.15 Å². The van der Waals surface area contributed by atoms with Crippen LogP contribution in [-0.2, 0) is 11.2 Å². The van der Waals surface area contributed by atoms with E-state index in [-0.39, 0.29) is 5.24 Å². The summed E-state index contributed by atoms with van der Waals surface area (Å²) in [5.74, 6) is 6.88. The van der Waals surface area contributed by atoms with Crippen LogP contribution >= 0.6 is 11.8 Å². The molecule has 1 saturated heterocycles. The lowest BCUT2D eigenvalue weighted by molar-refractivity contribution is -0.115. The molecule has 0 atom stereocenters. The number of aromatic nitrogens is 1. The number of hydrogen-bond donors (Lipinski definition) is 1.